The summed E-state index contributed by atoms with van der Waals surface area (Å²) in [4.78, 5) is 13.5. The van der Waals surface area contributed by atoms with E-state index < -0.39 is 0 Å². The van der Waals surface area contributed by atoms with Crippen molar-refractivity contribution in [3.63, 3.8) is 0 Å². The monoisotopic (exact) mass is 297 g/mol. The lowest BCUT2D eigenvalue weighted by molar-refractivity contribution is -0.143. The molecule has 1 heterocycles. The Morgan fingerprint density at radius 3 is 2.60 bits per heavy atom. The van der Waals surface area contributed by atoms with Crippen LogP contribution in [0.1, 0.15) is 31.7 Å². The Bertz CT molecular complexity index is 424. The van der Waals surface area contributed by atoms with Gasteiger partial charge in [-0.15, -0.1) is 12.4 Å². The maximum absolute atomic E-state index is 11.2. The molecule has 20 heavy (non-hydrogen) atoms. The van der Waals surface area contributed by atoms with Crippen LogP contribution in [0.3, 0.4) is 0 Å². The van der Waals surface area contributed by atoms with Gasteiger partial charge in [0.15, 0.2) is 0 Å². The van der Waals surface area contributed by atoms with E-state index in [0.29, 0.717) is 6.61 Å². The highest BCUT2D eigenvalue weighted by Gasteiger charge is 2.34. The van der Waals surface area contributed by atoms with Crippen LogP contribution in [0.25, 0.3) is 0 Å². The van der Waals surface area contributed by atoms with Crippen molar-refractivity contribution in [1.82, 2.24) is 4.90 Å². The minimum absolute atomic E-state index is 0. The standard InChI is InChI=1S/C16H23NO2.ClH/c1-14(18)19-13-16(15-7-4-3-5-8-15)9-6-11-17(2)12-10-16;/h3-5,7-8H,6,9-13H2,1-2H3;1H. The van der Waals surface area contributed by atoms with Crippen molar-refractivity contribution in [1.29, 1.82) is 0 Å². The smallest absolute Gasteiger partial charge is 0.302 e. The summed E-state index contributed by atoms with van der Waals surface area (Å²) < 4.78 is 5.37. The fourth-order valence-corrected chi connectivity index (χ4v) is 2.88. The van der Waals surface area contributed by atoms with Crippen LogP contribution in [0, 0.1) is 0 Å². The third kappa shape index (κ3) is 4.22. The number of rotatable bonds is 3. The number of benzene rings is 1. The number of ether oxygens (including phenoxy) is 1. The molecule has 1 aliphatic rings. The summed E-state index contributed by atoms with van der Waals surface area (Å²) in [5.41, 5.74) is 1.28. The van der Waals surface area contributed by atoms with Crippen molar-refractivity contribution in [2.45, 2.75) is 31.6 Å². The van der Waals surface area contributed by atoms with Crippen LogP contribution < -0.4 is 0 Å². The molecule has 0 spiro atoms. The van der Waals surface area contributed by atoms with Crippen molar-refractivity contribution in [2.24, 2.45) is 0 Å². The lowest BCUT2D eigenvalue weighted by Crippen LogP contribution is -2.34. The topological polar surface area (TPSA) is 29.5 Å². The van der Waals surface area contributed by atoms with Crippen molar-refractivity contribution in [3.8, 4) is 0 Å². The zero-order valence-electron chi connectivity index (χ0n) is 12.3. The first-order chi connectivity index (χ1) is 9.12. The van der Waals surface area contributed by atoms with Gasteiger partial charge in [0.25, 0.3) is 0 Å². The van der Waals surface area contributed by atoms with Crippen LogP contribution in [0.5, 0.6) is 0 Å². The van der Waals surface area contributed by atoms with Gasteiger partial charge in [-0.1, -0.05) is 30.3 Å². The number of nitrogens with zero attached hydrogens (tertiary/aromatic N) is 1. The summed E-state index contributed by atoms with van der Waals surface area (Å²) in [5.74, 6) is -0.187. The average Bonchev–Trinajstić information content (AvgIpc) is 2.61. The molecule has 3 nitrogen and oxygen atoms in total. The Balaban J connectivity index is 0.00000200. The lowest BCUT2D eigenvalue weighted by Gasteiger charge is -2.32. The molecule has 1 fully saturated rings. The minimum atomic E-state index is -0.187. The van der Waals surface area contributed by atoms with E-state index in [4.69, 9.17) is 4.74 Å². The minimum Gasteiger partial charge on any atom is -0.465 e. The number of likely N-dealkylation sites (tertiary alicyclic amines) is 1. The first kappa shape index (κ1) is 17.0. The van der Waals surface area contributed by atoms with E-state index in [-0.39, 0.29) is 23.8 Å². The van der Waals surface area contributed by atoms with Crippen molar-refractivity contribution >= 4 is 18.4 Å². The van der Waals surface area contributed by atoms with Gasteiger partial charge in [0.2, 0.25) is 0 Å². The Morgan fingerprint density at radius 2 is 1.95 bits per heavy atom. The van der Waals surface area contributed by atoms with E-state index in [1.165, 1.54) is 12.5 Å². The van der Waals surface area contributed by atoms with Crippen LogP contribution in [0.4, 0.5) is 0 Å². The number of halogens is 1. The second-order valence-electron chi connectivity index (χ2n) is 5.58. The molecule has 1 aromatic rings. The predicted molar refractivity (Wildman–Crippen MR) is 83.3 cm³/mol. The first-order valence-electron chi connectivity index (χ1n) is 7.00. The van der Waals surface area contributed by atoms with Crippen LogP contribution in [0.15, 0.2) is 30.3 Å². The van der Waals surface area contributed by atoms with Gasteiger partial charge in [0.1, 0.15) is 6.61 Å². The fraction of sp³-hybridized carbons (Fsp3) is 0.562. The van der Waals surface area contributed by atoms with E-state index in [1.807, 2.05) is 6.07 Å². The molecule has 0 radical (unpaired) electrons. The Labute approximate surface area is 127 Å². The molecule has 0 amide bonds. The molecular weight excluding hydrogens is 274 g/mol. The third-order valence-electron chi connectivity index (χ3n) is 4.11. The van der Waals surface area contributed by atoms with Gasteiger partial charge in [0, 0.05) is 12.3 Å². The number of esters is 1. The largest absolute Gasteiger partial charge is 0.465 e. The summed E-state index contributed by atoms with van der Waals surface area (Å²) in [5, 5.41) is 0. The van der Waals surface area contributed by atoms with Gasteiger partial charge in [-0.2, -0.15) is 0 Å². The predicted octanol–water partition coefficient (Wildman–Crippen LogP) is 3.03. The summed E-state index contributed by atoms with van der Waals surface area (Å²) >= 11 is 0. The fourth-order valence-electron chi connectivity index (χ4n) is 2.88. The van der Waals surface area contributed by atoms with Crippen LogP contribution in [0.2, 0.25) is 0 Å². The molecule has 1 atom stereocenters. The molecule has 1 unspecified atom stereocenters. The SMILES string of the molecule is CC(=O)OCC1(c2ccccc2)CCCN(C)CC1.Cl. The molecule has 0 aromatic heterocycles. The van der Waals surface area contributed by atoms with Gasteiger partial charge in [-0.25, -0.2) is 0 Å². The molecule has 1 saturated heterocycles. The van der Waals surface area contributed by atoms with E-state index in [1.54, 1.807) is 0 Å². The summed E-state index contributed by atoms with van der Waals surface area (Å²) in [6.45, 7) is 4.16. The summed E-state index contributed by atoms with van der Waals surface area (Å²) in [6.07, 6.45) is 3.27. The highest BCUT2D eigenvalue weighted by Crippen LogP contribution is 2.35. The van der Waals surface area contributed by atoms with E-state index in [2.05, 4.69) is 36.2 Å². The zero-order chi connectivity index (χ0) is 13.7. The molecule has 4 heteroatoms. The summed E-state index contributed by atoms with van der Waals surface area (Å²) in [6, 6.07) is 10.5. The van der Waals surface area contributed by atoms with Crippen molar-refractivity contribution in [2.75, 3.05) is 26.7 Å². The molecule has 0 N–H and O–H groups in total. The lowest BCUT2D eigenvalue weighted by atomic mass is 9.75. The molecule has 1 aliphatic heterocycles. The Morgan fingerprint density at radius 1 is 1.25 bits per heavy atom. The van der Waals surface area contributed by atoms with Gasteiger partial charge in [0.05, 0.1) is 0 Å². The zero-order valence-corrected chi connectivity index (χ0v) is 13.1. The number of carbonyl (C=O) groups excluding carboxylic acids is 1. The Kier molecular flexibility index (Phi) is 6.50. The van der Waals surface area contributed by atoms with E-state index in [9.17, 15) is 4.79 Å². The molecule has 0 aliphatic carbocycles. The third-order valence-corrected chi connectivity index (χ3v) is 4.11. The van der Waals surface area contributed by atoms with Gasteiger partial charge >= 0.3 is 5.97 Å². The molecule has 2 rings (SSSR count). The summed E-state index contributed by atoms with van der Waals surface area (Å²) in [7, 11) is 2.16. The van der Waals surface area contributed by atoms with Gasteiger partial charge < -0.3 is 9.64 Å². The number of carbonyl (C=O) groups is 1. The van der Waals surface area contributed by atoms with Crippen LogP contribution in [-0.2, 0) is 14.9 Å². The maximum Gasteiger partial charge on any atom is 0.302 e. The molecule has 0 bridgehead atoms. The maximum atomic E-state index is 11.2. The normalized spacial score (nSPS) is 23.5. The number of hydrogen-bond donors (Lipinski definition) is 0. The van der Waals surface area contributed by atoms with Gasteiger partial charge in [-0.3, -0.25) is 4.79 Å². The second-order valence-corrected chi connectivity index (χ2v) is 5.58. The molecule has 0 saturated carbocycles. The molecule has 112 valence electrons. The quantitative estimate of drug-likeness (QED) is 0.803. The second kappa shape index (κ2) is 7.65. The highest BCUT2D eigenvalue weighted by molar-refractivity contribution is 5.85. The van der Waals surface area contributed by atoms with E-state index in [0.717, 1.165) is 32.4 Å². The molecular formula is C16H24ClNO2. The number of hydrogen-bond acceptors (Lipinski definition) is 3. The first-order valence-corrected chi connectivity index (χ1v) is 7.00. The average molecular weight is 298 g/mol. The van der Waals surface area contributed by atoms with Crippen molar-refractivity contribution < 1.29 is 9.53 Å². The van der Waals surface area contributed by atoms with Crippen LogP contribution in [-0.4, -0.2) is 37.6 Å². The van der Waals surface area contributed by atoms with E-state index >= 15 is 0 Å². The molecule has 1 aromatic carbocycles. The van der Waals surface area contributed by atoms with Crippen molar-refractivity contribution in [3.05, 3.63) is 35.9 Å². The van der Waals surface area contributed by atoms with Gasteiger partial charge in [-0.05, 0) is 45.0 Å². The van der Waals surface area contributed by atoms with Crippen LogP contribution >= 0.6 is 12.4 Å². The Hall–Kier alpha value is -1.06. The highest BCUT2D eigenvalue weighted by atomic mass is 35.5.